The number of benzene rings is 1. The van der Waals surface area contributed by atoms with E-state index in [0.717, 1.165) is 35.2 Å². The minimum Gasteiger partial charge on any atom is -0.493 e. The van der Waals surface area contributed by atoms with Crippen LogP contribution < -0.4 is 15.2 Å². The summed E-state index contributed by atoms with van der Waals surface area (Å²) >= 11 is 3.55. The molecule has 100 valence electrons. The maximum atomic E-state index is 6.47. The minimum absolute atomic E-state index is 0.187. The van der Waals surface area contributed by atoms with E-state index in [0.29, 0.717) is 0 Å². The molecule has 1 aromatic carbocycles. The van der Waals surface area contributed by atoms with E-state index in [1.165, 1.54) is 17.5 Å². The molecule has 0 saturated heterocycles. The Balaban J connectivity index is 2.63. The lowest BCUT2D eigenvalue weighted by Gasteiger charge is -2.40. The molecule has 1 aliphatic carbocycles. The summed E-state index contributed by atoms with van der Waals surface area (Å²) in [4.78, 5) is 0. The van der Waals surface area contributed by atoms with Gasteiger partial charge in [0.1, 0.15) is 0 Å². The van der Waals surface area contributed by atoms with E-state index >= 15 is 0 Å². The molecule has 0 amide bonds. The first-order chi connectivity index (χ1) is 8.57. The van der Waals surface area contributed by atoms with Crippen molar-refractivity contribution in [1.29, 1.82) is 0 Å². The van der Waals surface area contributed by atoms with E-state index in [1.807, 2.05) is 0 Å². The minimum atomic E-state index is -0.187. The number of methoxy groups -OCH3 is 2. The van der Waals surface area contributed by atoms with Gasteiger partial charge in [-0.15, -0.1) is 0 Å². The molecule has 4 heteroatoms. The highest BCUT2D eigenvalue weighted by Crippen LogP contribution is 2.48. The Bertz CT molecular complexity index is 456. The van der Waals surface area contributed by atoms with Gasteiger partial charge in [0, 0.05) is 11.1 Å². The van der Waals surface area contributed by atoms with E-state index in [2.05, 4.69) is 28.9 Å². The Kier molecular flexibility index (Phi) is 3.87. The topological polar surface area (TPSA) is 44.5 Å². The summed E-state index contributed by atoms with van der Waals surface area (Å²) in [5, 5.41) is 0. The molecule has 0 bridgehead atoms. The molecule has 0 heterocycles. The van der Waals surface area contributed by atoms with E-state index in [1.54, 1.807) is 14.2 Å². The van der Waals surface area contributed by atoms with Crippen LogP contribution in [0.25, 0.3) is 0 Å². The standard InChI is InChI=1S/C14H20BrNO2/c1-4-9-10(14(16)6-5-7-14)8-11(15)13(18-3)12(9)17-2/h8H,4-7,16H2,1-3H3. The molecule has 0 aliphatic heterocycles. The van der Waals surface area contributed by atoms with E-state index < -0.39 is 0 Å². The van der Waals surface area contributed by atoms with Gasteiger partial charge in [0.15, 0.2) is 11.5 Å². The molecule has 0 spiro atoms. The molecule has 0 radical (unpaired) electrons. The van der Waals surface area contributed by atoms with E-state index in [-0.39, 0.29) is 5.54 Å². The van der Waals surface area contributed by atoms with Crippen LogP contribution in [0.5, 0.6) is 11.5 Å². The van der Waals surface area contributed by atoms with Crippen molar-refractivity contribution in [3.63, 3.8) is 0 Å². The number of rotatable bonds is 4. The van der Waals surface area contributed by atoms with Gasteiger partial charge in [-0.1, -0.05) is 6.92 Å². The zero-order valence-electron chi connectivity index (χ0n) is 11.2. The fourth-order valence-electron chi connectivity index (χ4n) is 2.68. The summed E-state index contributed by atoms with van der Waals surface area (Å²) in [6, 6.07) is 2.10. The van der Waals surface area contributed by atoms with Gasteiger partial charge in [0.2, 0.25) is 0 Å². The highest BCUT2D eigenvalue weighted by Gasteiger charge is 2.37. The highest BCUT2D eigenvalue weighted by atomic mass is 79.9. The van der Waals surface area contributed by atoms with Crippen molar-refractivity contribution in [2.24, 2.45) is 5.73 Å². The van der Waals surface area contributed by atoms with Crippen molar-refractivity contribution in [2.45, 2.75) is 38.1 Å². The molecule has 1 aliphatic rings. The van der Waals surface area contributed by atoms with Gasteiger partial charge >= 0.3 is 0 Å². The number of hydrogen-bond acceptors (Lipinski definition) is 3. The molecular weight excluding hydrogens is 294 g/mol. The second-order valence-electron chi connectivity index (χ2n) is 4.81. The van der Waals surface area contributed by atoms with Crippen LogP contribution in [0.15, 0.2) is 10.5 Å². The Morgan fingerprint density at radius 3 is 2.28 bits per heavy atom. The third-order valence-electron chi connectivity index (χ3n) is 3.84. The number of hydrogen-bond donors (Lipinski definition) is 1. The highest BCUT2D eigenvalue weighted by molar-refractivity contribution is 9.10. The lowest BCUT2D eigenvalue weighted by Crippen LogP contribution is -2.44. The predicted octanol–water partition coefficient (Wildman–Crippen LogP) is 3.37. The molecule has 2 N–H and O–H groups in total. The molecule has 1 fully saturated rings. The summed E-state index contributed by atoms with van der Waals surface area (Å²) < 4.78 is 11.9. The zero-order chi connectivity index (χ0) is 13.3. The van der Waals surface area contributed by atoms with Crippen LogP contribution >= 0.6 is 15.9 Å². The second-order valence-corrected chi connectivity index (χ2v) is 5.67. The molecule has 18 heavy (non-hydrogen) atoms. The van der Waals surface area contributed by atoms with Crippen molar-refractivity contribution in [2.75, 3.05) is 14.2 Å². The van der Waals surface area contributed by atoms with Crippen molar-refractivity contribution in [1.82, 2.24) is 0 Å². The van der Waals surface area contributed by atoms with Crippen molar-refractivity contribution in [3.05, 3.63) is 21.7 Å². The SMILES string of the molecule is CCc1c(C2(N)CCC2)cc(Br)c(OC)c1OC. The van der Waals surface area contributed by atoms with E-state index in [4.69, 9.17) is 15.2 Å². The van der Waals surface area contributed by atoms with Crippen LogP contribution in [-0.2, 0) is 12.0 Å². The predicted molar refractivity (Wildman–Crippen MR) is 76.3 cm³/mol. The normalized spacial score (nSPS) is 17.2. The van der Waals surface area contributed by atoms with Gasteiger partial charge < -0.3 is 15.2 Å². The smallest absolute Gasteiger partial charge is 0.175 e. The van der Waals surface area contributed by atoms with Gasteiger partial charge in [0.25, 0.3) is 0 Å². The Morgan fingerprint density at radius 1 is 1.28 bits per heavy atom. The first-order valence-electron chi connectivity index (χ1n) is 6.30. The Labute approximate surface area is 117 Å². The van der Waals surface area contributed by atoms with Crippen LogP contribution in [0.1, 0.15) is 37.3 Å². The Hall–Kier alpha value is -0.740. The van der Waals surface area contributed by atoms with Gasteiger partial charge in [0.05, 0.1) is 18.7 Å². The van der Waals surface area contributed by atoms with Crippen molar-refractivity contribution in [3.8, 4) is 11.5 Å². The van der Waals surface area contributed by atoms with Crippen LogP contribution in [0.3, 0.4) is 0 Å². The lowest BCUT2D eigenvalue weighted by molar-refractivity contribution is 0.249. The zero-order valence-corrected chi connectivity index (χ0v) is 12.8. The molecule has 1 saturated carbocycles. The van der Waals surface area contributed by atoms with Crippen LogP contribution in [-0.4, -0.2) is 14.2 Å². The van der Waals surface area contributed by atoms with Crippen LogP contribution in [0.2, 0.25) is 0 Å². The lowest BCUT2D eigenvalue weighted by atomic mass is 9.71. The maximum absolute atomic E-state index is 6.47. The molecule has 2 rings (SSSR count). The molecule has 1 aromatic rings. The molecule has 3 nitrogen and oxygen atoms in total. The van der Waals surface area contributed by atoms with Crippen molar-refractivity contribution < 1.29 is 9.47 Å². The second kappa shape index (κ2) is 5.10. The summed E-state index contributed by atoms with van der Waals surface area (Å²) in [6.07, 6.45) is 4.18. The molecule has 0 atom stereocenters. The largest absolute Gasteiger partial charge is 0.493 e. The fourth-order valence-corrected chi connectivity index (χ4v) is 3.25. The molecule has 0 unspecified atom stereocenters. The van der Waals surface area contributed by atoms with Gasteiger partial charge in [-0.2, -0.15) is 0 Å². The first-order valence-corrected chi connectivity index (χ1v) is 7.09. The average molecular weight is 314 g/mol. The molecule has 0 aromatic heterocycles. The third-order valence-corrected chi connectivity index (χ3v) is 4.43. The number of halogens is 1. The maximum Gasteiger partial charge on any atom is 0.175 e. The third kappa shape index (κ3) is 2.01. The van der Waals surface area contributed by atoms with Crippen LogP contribution in [0.4, 0.5) is 0 Å². The first kappa shape index (κ1) is 13.7. The van der Waals surface area contributed by atoms with Crippen molar-refractivity contribution >= 4 is 15.9 Å². The quantitative estimate of drug-likeness (QED) is 0.927. The average Bonchev–Trinajstić information content (AvgIpc) is 2.34. The van der Waals surface area contributed by atoms with Gasteiger partial charge in [-0.25, -0.2) is 0 Å². The summed E-state index contributed by atoms with van der Waals surface area (Å²) in [5.74, 6) is 1.56. The summed E-state index contributed by atoms with van der Waals surface area (Å²) in [5.41, 5.74) is 8.64. The van der Waals surface area contributed by atoms with Crippen LogP contribution in [0, 0.1) is 0 Å². The summed E-state index contributed by atoms with van der Waals surface area (Å²) in [7, 11) is 3.33. The van der Waals surface area contributed by atoms with E-state index in [9.17, 15) is 0 Å². The fraction of sp³-hybridized carbons (Fsp3) is 0.571. The van der Waals surface area contributed by atoms with Gasteiger partial charge in [-0.3, -0.25) is 0 Å². The number of ether oxygens (including phenoxy) is 2. The summed E-state index contributed by atoms with van der Waals surface area (Å²) in [6.45, 7) is 2.12. The van der Waals surface area contributed by atoms with Gasteiger partial charge in [-0.05, 0) is 53.2 Å². The Morgan fingerprint density at radius 2 is 1.89 bits per heavy atom. The molecular formula is C14H20BrNO2. The number of nitrogens with two attached hydrogens (primary N) is 1. The monoisotopic (exact) mass is 313 g/mol.